The first-order chi connectivity index (χ1) is 11.6. The lowest BCUT2D eigenvalue weighted by atomic mass is 10.1. The Hall–Kier alpha value is -2.33. The largest absolute Gasteiger partial charge is 0.462 e. The van der Waals surface area contributed by atoms with Crippen molar-refractivity contribution in [1.82, 2.24) is 0 Å². The molecule has 24 heavy (non-hydrogen) atoms. The maximum atomic E-state index is 12.4. The normalized spacial score (nSPS) is 10.2. The Morgan fingerprint density at radius 1 is 0.917 bits per heavy atom. The van der Waals surface area contributed by atoms with Gasteiger partial charge in [0.1, 0.15) is 5.75 Å². The smallest absolute Gasteiger partial charge is 0.344 e. The average molecular weight is 347 g/mol. The van der Waals surface area contributed by atoms with Crippen molar-refractivity contribution in [2.45, 2.75) is 26.2 Å². The summed E-state index contributed by atoms with van der Waals surface area (Å²) in [7, 11) is 0. The van der Waals surface area contributed by atoms with Crippen molar-refractivity contribution < 1.29 is 19.1 Å². The van der Waals surface area contributed by atoms with Crippen molar-refractivity contribution in [2.75, 3.05) is 6.61 Å². The molecule has 0 radical (unpaired) electrons. The number of hydrogen-bond donors (Lipinski definition) is 0. The number of unbranched alkanes of at least 4 members (excludes halogenated alkanes) is 2. The van der Waals surface area contributed by atoms with Crippen LogP contribution in [-0.4, -0.2) is 18.5 Å². The molecule has 0 N–H and O–H groups in total. The summed E-state index contributed by atoms with van der Waals surface area (Å²) < 4.78 is 10.5. The summed E-state index contributed by atoms with van der Waals surface area (Å²) in [6, 6.07) is 13.1. The van der Waals surface area contributed by atoms with Crippen LogP contribution in [0, 0.1) is 0 Å². The van der Waals surface area contributed by atoms with E-state index < -0.39 is 11.9 Å². The summed E-state index contributed by atoms with van der Waals surface area (Å²) in [5.41, 5.74) is 0.337. The molecule has 0 aliphatic heterocycles. The topological polar surface area (TPSA) is 52.6 Å². The summed E-state index contributed by atoms with van der Waals surface area (Å²) in [4.78, 5) is 24.6. The summed E-state index contributed by atoms with van der Waals surface area (Å²) in [5.74, 6) is -0.933. The van der Waals surface area contributed by atoms with E-state index >= 15 is 0 Å². The molecule has 0 unspecified atom stereocenters. The molecule has 5 heteroatoms. The minimum absolute atomic E-state index is 0.151. The molecular formula is C19H19ClO4. The van der Waals surface area contributed by atoms with Gasteiger partial charge in [-0.2, -0.15) is 0 Å². The van der Waals surface area contributed by atoms with Crippen molar-refractivity contribution in [2.24, 2.45) is 0 Å². The van der Waals surface area contributed by atoms with Gasteiger partial charge in [-0.25, -0.2) is 9.59 Å². The molecule has 0 saturated heterocycles. The maximum absolute atomic E-state index is 12.4. The number of carbonyl (C=O) groups is 2. The molecule has 0 fully saturated rings. The van der Waals surface area contributed by atoms with Gasteiger partial charge in [-0.15, -0.1) is 0 Å². The van der Waals surface area contributed by atoms with E-state index in [0.717, 1.165) is 19.3 Å². The standard InChI is InChI=1S/C19H19ClO4/c1-2-3-8-13-23-18(21)14-9-4-5-10-15(14)19(22)24-17-12-7-6-11-16(17)20/h4-7,9-12H,2-3,8,13H2,1H3. The average Bonchev–Trinajstić information content (AvgIpc) is 2.60. The molecule has 0 aliphatic carbocycles. The lowest BCUT2D eigenvalue weighted by Gasteiger charge is -2.10. The van der Waals surface area contributed by atoms with Gasteiger partial charge >= 0.3 is 11.9 Å². The Kier molecular flexibility index (Phi) is 6.82. The van der Waals surface area contributed by atoms with E-state index in [4.69, 9.17) is 21.1 Å². The van der Waals surface area contributed by atoms with Crippen LogP contribution in [0.3, 0.4) is 0 Å². The minimum atomic E-state index is -0.649. The van der Waals surface area contributed by atoms with Crippen LogP contribution < -0.4 is 4.74 Å². The van der Waals surface area contributed by atoms with Crippen molar-refractivity contribution in [3.8, 4) is 5.75 Å². The number of para-hydroxylation sites is 1. The molecule has 0 bridgehead atoms. The number of rotatable bonds is 7. The molecule has 0 atom stereocenters. The number of ether oxygens (including phenoxy) is 2. The van der Waals surface area contributed by atoms with Crippen molar-refractivity contribution in [3.63, 3.8) is 0 Å². The Morgan fingerprint density at radius 2 is 1.54 bits per heavy atom. The highest BCUT2D eigenvalue weighted by atomic mass is 35.5. The summed E-state index contributed by atoms with van der Waals surface area (Å²) >= 11 is 5.99. The predicted octanol–water partition coefficient (Wildman–Crippen LogP) is 4.91. The first-order valence-electron chi connectivity index (χ1n) is 7.86. The van der Waals surface area contributed by atoms with Gasteiger partial charge in [0.05, 0.1) is 22.8 Å². The molecular weight excluding hydrogens is 328 g/mol. The highest BCUT2D eigenvalue weighted by Crippen LogP contribution is 2.24. The molecule has 2 aromatic rings. The Morgan fingerprint density at radius 3 is 2.21 bits per heavy atom. The number of esters is 2. The first-order valence-corrected chi connectivity index (χ1v) is 8.24. The number of halogens is 1. The van der Waals surface area contributed by atoms with Crippen molar-refractivity contribution in [3.05, 3.63) is 64.7 Å². The molecule has 2 rings (SSSR count). The lowest BCUT2D eigenvalue weighted by Crippen LogP contribution is -2.16. The fraction of sp³-hybridized carbons (Fsp3) is 0.263. The number of benzene rings is 2. The minimum Gasteiger partial charge on any atom is -0.462 e. The van der Waals surface area contributed by atoms with Gasteiger partial charge in [-0.3, -0.25) is 0 Å². The molecule has 4 nitrogen and oxygen atoms in total. The van der Waals surface area contributed by atoms with Gasteiger partial charge < -0.3 is 9.47 Å². The van der Waals surface area contributed by atoms with E-state index in [1.54, 1.807) is 42.5 Å². The third-order valence-electron chi connectivity index (χ3n) is 3.39. The van der Waals surface area contributed by atoms with E-state index in [2.05, 4.69) is 6.92 Å². The second-order valence-electron chi connectivity index (χ2n) is 5.21. The summed E-state index contributed by atoms with van der Waals surface area (Å²) in [6.45, 7) is 2.41. The van der Waals surface area contributed by atoms with Gasteiger partial charge in [-0.1, -0.05) is 55.6 Å². The zero-order chi connectivity index (χ0) is 17.4. The molecule has 0 aromatic heterocycles. The fourth-order valence-electron chi connectivity index (χ4n) is 2.12. The fourth-order valence-corrected chi connectivity index (χ4v) is 2.29. The van der Waals surface area contributed by atoms with Crippen LogP contribution in [0.15, 0.2) is 48.5 Å². The third-order valence-corrected chi connectivity index (χ3v) is 3.70. The Labute approximate surface area is 146 Å². The van der Waals surface area contributed by atoms with E-state index in [-0.39, 0.29) is 16.9 Å². The van der Waals surface area contributed by atoms with E-state index in [1.165, 1.54) is 6.07 Å². The third kappa shape index (κ3) is 4.83. The summed E-state index contributed by atoms with van der Waals surface area (Å²) in [6.07, 6.45) is 2.83. The van der Waals surface area contributed by atoms with Crippen LogP contribution >= 0.6 is 11.6 Å². The van der Waals surface area contributed by atoms with Gasteiger partial charge in [0.25, 0.3) is 0 Å². The van der Waals surface area contributed by atoms with Crippen molar-refractivity contribution >= 4 is 23.5 Å². The van der Waals surface area contributed by atoms with Crippen molar-refractivity contribution in [1.29, 1.82) is 0 Å². The monoisotopic (exact) mass is 346 g/mol. The van der Waals surface area contributed by atoms with Gasteiger partial charge in [0.2, 0.25) is 0 Å². The van der Waals surface area contributed by atoms with Gasteiger partial charge in [0.15, 0.2) is 0 Å². The zero-order valence-corrected chi connectivity index (χ0v) is 14.2. The van der Waals surface area contributed by atoms with Gasteiger partial charge in [0, 0.05) is 0 Å². The van der Waals surface area contributed by atoms with Crippen LogP contribution in [0.25, 0.3) is 0 Å². The molecule has 0 spiro atoms. The van der Waals surface area contributed by atoms with Gasteiger partial charge in [-0.05, 0) is 30.7 Å². The molecule has 0 aliphatic rings. The lowest BCUT2D eigenvalue weighted by molar-refractivity contribution is 0.0490. The second kappa shape index (κ2) is 9.08. The Balaban J connectivity index is 2.11. The quantitative estimate of drug-likeness (QED) is 0.406. The highest BCUT2D eigenvalue weighted by Gasteiger charge is 2.20. The highest BCUT2D eigenvalue weighted by molar-refractivity contribution is 6.32. The maximum Gasteiger partial charge on any atom is 0.344 e. The Bertz CT molecular complexity index is 712. The zero-order valence-electron chi connectivity index (χ0n) is 13.5. The molecule has 0 heterocycles. The number of carbonyl (C=O) groups excluding carboxylic acids is 2. The first kappa shape index (κ1) is 18.0. The molecule has 0 saturated carbocycles. The number of hydrogen-bond acceptors (Lipinski definition) is 4. The van der Waals surface area contributed by atoms with Crippen LogP contribution in [0.5, 0.6) is 5.75 Å². The predicted molar refractivity (Wildman–Crippen MR) is 92.7 cm³/mol. The summed E-state index contributed by atoms with van der Waals surface area (Å²) in [5, 5.41) is 0.325. The van der Waals surface area contributed by atoms with E-state index in [1.807, 2.05) is 0 Å². The molecule has 0 amide bonds. The van der Waals surface area contributed by atoms with Crippen LogP contribution in [0.1, 0.15) is 46.9 Å². The van der Waals surface area contributed by atoms with Crippen LogP contribution in [-0.2, 0) is 4.74 Å². The van der Waals surface area contributed by atoms with Crippen LogP contribution in [0.4, 0.5) is 0 Å². The molecule has 126 valence electrons. The SMILES string of the molecule is CCCCCOC(=O)c1ccccc1C(=O)Oc1ccccc1Cl. The van der Waals surface area contributed by atoms with Crippen LogP contribution in [0.2, 0.25) is 5.02 Å². The molecule has 2 aromatic carbocycles. The second-order valence-corrected chi connectivity index (χ2v) is 5.62. The van der Waals surface area contributed by atoms with E-state index in [0.29, 0.717) is 11.6 Å². The van der Waals surface area contributed by atoms with E-state index in [9.17, 15) is 9.59 Å².